The van der Waals surface area contributed by atoms with Crippen molar-refractivity contribution in [3.05, 3.63) is 35.0 Å². The first-order valence-corrected chi connectivity index (χ1v) is 10.4. The van der Waals surface area contributed by atoms with Gasteiger partial charge in [-0.25, -0.2) is 14.8 Å². The predicted octanol–water partition coefficient (Wildman–Crippen LogP) is 3.34. The standard InChI is InChI=1S/C20H19N5O4S/c1-10-12(2-3-14(23-10)29-11-5-8-28-9-6-11)25-13-4-7-22-19-15(13)16(24-20(25)27)17(30-19)18(21)26/h2-4,7,11H,5-6,8-9H2,1H3,(H2,21,26)(H,24,27). The van der Waals surface area contributed by atoms with Gasteiger partial charge in [-0.05, 0) is 19.1 Å². The van der Waals surface area contributed by atoms with Crippen LogP contribution in [0, 0.1) is 6.92 Å². The average Bonchev–Trinajstić information content (AvgIpc) is 3.10. The summed E-state index contributed by atoms with van der Waals surface area (Å²) in [5.74, 6) is -0.0761. The van der Waals surface area contributed by atoms with Crippen LogP contribution < -0.4 is 20.7 Å². The third-order valence-corrected chi connectivity index (χ3v) is 6.31. The first kappa shape index (κ1) is 18.8. The number of anilines is 3. The number of hydrogen-bond acceptors (Lipinski definition) is 7. The van der Waals surface area contributed by atoms with E-state index >= 15 is 0 Å². The van der Waals surface area contributed by atoms with Gasteiger partial charge in [0, 0.05) is 25.1 Å². The molecule has 2 aliphatic rings. The lowest BCUT2D eigenvalue weighted by Crippen LogP contribution is -2.35. The number of nitrogens with two attached hydrogens (primary N) is 1. The number of primary amides is 1. The number of rotatable bonds is 4. The quantitative estimate of drug-likeness (QED) is 0.662. The molecule has 3 N–H and O–H groups in total. The first-order valence-electron chi connectivity index (χ1n) is 9.57. The fourth-order valence-electron chi connectivity index (χ4n) is 3.79. The molecule has 30 heavy (non-hydrogen) atoms. The maximum atomic E-state index is 13.0. The Morgan fingerprint density at radius 2 is 2.10 bits per heavy atom. The molecular weight excluding hydrogens is 406 g/mol. The van der Waals surface area contributed by atoms with Crippen molar-refractivity contribution in [1.29, 1.82) is 0 Å². The van der Waals surface area contributed by atoms with Crippen molar-refractivity contribution in [2.75, 3.05) is 23.4 Å². The first-order chi connectivity index (χ1) is 14.5. The molecule has 3 aromatic heterocycles. The summed E-state index contributed by atoms with van der Waals surface area (Å²) in [6, 6.07) is 4.93. The molecule has 0 atom stereocenters. The number of amides is 3. The van der Waals surface area contributed by atoms with Crippen molar-refractivity contribution >= 4 is 50.6 Å². The summed E-state index contributed by atoms with van der Waals surface area (Å²) in [6.45, 7) is 3.20. The van der Waals surface area contributed by atoms with Crippen LogP contribution in [0.5, 0.6) is 5.88 Å². The van der Waals surface area contributed by atoms with Gasteiger partial charge in [0.2, 0.25) is 5.88 Å². The topological polar surface area (TPSA) is 120 Å². The van der Waals surface area contributed by atoms with Gasteiger partial charge in [0.15, 0.2) is 0 Å². The van der Waals surface area contributed by atoms with Crippen molar-refractivity contribution in [2.24, 2.45) is 5.73 Å². The molecule has 5 rings (SSSR count). The minimum atomic E-state index is -0.597. The molecule has 0 aromatic carbocycles. The number of carbonyl (C=O) groups is 2. The van der Waals surface area contributed by atoms with Crippen molar-refractivity contribution in [2.45, 2.75) is 25.9 Å². The van der Waals surface area contributed by atoms with Gasteiger partial charge in [-0.15, -0.1) is 11.3 Å². The molecule has 3 aromatic rings. The monoisotopic (exact) mass is 425 g/mol. The van der Waals surface area contributed by atoms with E-state index in [1.807, 2.05) is 13.0 Å². The van der Waals surface area contributed by atoms with E-state index in [1.54, 1.807) is 18.3 Å². The molecule has 9 nitrogen and oxygen atoms in total. The number of carbonyl (C=O) groups excluding carboxylic acids is 2. The number of aromatic nitrogens is 2. The molecule has 3 amide bonds. The summed E-state index contributed by atoms with van der Waals surface area (Å²) < 4.78 is 11.3. The Morgan fingerprint density at radius 3 is 2.83 bits per heavy atom. The van der Waals surface area contributed by atoms with Crippen LogP contribution in [-0.2, 0) is 4.74 Å². The van der Waals surface area contributed by atoms with Crippen LogP contribution in [0.3, 0.4) is 0 Å². The Bertz CT molecular complexity index is 1170. The molecule has 2 aliphatic heterocycles. The van der Waals surface area contributed by atoms with E-state index in [9.17, 15) is 9.59 Å². The van der Waals surface area contributed by atoms with Crippen molar-refractivity contribution in [1.82, 2.24) is 9.97 Å². The summed E-state index contributed by atoms with van der Waals surface area (Å²) in [5.41, 5.74) is 7.80. The number of pyridine rings is 2. The van der Waals surface area contributed by atoms with Gasteiger partial charge in [-0.3, -0.25) is 9.69 Å². The number of nitrogens with zero attached hydrogens (tertiary/aromatic N) is 3. The van der Waals surface area contributed by atoms with Crippen LogP contribution in [0.2, 0.25) is 0 Å². The Hall–Kier alpha value is -3.24. The minimum absolute atomic E-state index is 0.0789. The van der Waals surface area contributed by atoms with E-state index in [-0.39, 0.29) is 17.0 Å². The summed E-state index contributed by atoms with van der Waals surface area (Å²) in [6.07, 6.45) is 3.35. The Balaban J connectivity index is 1.54. The van der Waals surface area contributed by atoms with Crippen LogP contribution in [0.25, 0.3) is 10.2 Å². The lowest BCUT2D eigenvalue weighted by atomic mass is 10.1. The molecule has 0 radical (unpaired) electrons. The maximum absolute atomic E-state index is 13.0. The highest BCUT2D eigenvalue weighted by atomic mass is 32.1. The summed E-state index contributed by atoms with van der Waals surface area (Å²) in [5, 5.41) is 3.49. The van der Waals surface area contributed by atoms with Gasteiger partial charge in [0.1, 0.15) is 15.8 Å². The van der Waals surface area contributed by atoms with E-state index in [0.717, 1.165) is 24.2 Å². The van der Waals surface area contributed by atoms with Crippen molar-refractivity contribution in [3.63, 3.8) is 0 Å². The van der Waals surface area contributed by atoms with Crippen molar-refractivity contribution < 1.29 is 19.1 Å². The summed E-state index contributed by atoms with van der Waals surface area (Å²) >= 11 is 1.16. The van der Waals surface area contributed by atoms with Gasteiger partial charge in [0.25, 0.3) is 5.91 Å². The van der Waals surface area contributed by atoms with Gasteiger partial charge < -0.3 is 20.5 Å². The van der Waals surface area contributed by atoms with E-state index in [4.69, 9.17) is 15.2 Å². The molecule has 10 heteroatoms. The second kappa shape index (κ2) is 7.22. The van der Waals surface area contributed by atoms with E-state index in [1.165, 1.54) is 4.90 Å². The smallest absolute Gasteiger partial charge is 0.331 e. The number of thiophene rings is 1. The van der Waals surface area contributed by atoms with Crippen LogP contribution in [0.4, 0.5) is 21.9 Å². The fraction of sp³-hybridized carbons (Fsp3) is 0.300. The summed E-state index contributed by atoms with van der Waals surface area (Å²) in [4.78, 5) is 36.1. The maximum Gasteiger partial charge on any atom is 0.331 e. The summed E-state index contributed by atoms with van der Waals surface area (Å²) in [7, 11) is 0. The SMILES string of the molecule is Cc1nc(OC2CCOCC2)ccc1N1C(=O)Nc2c(C(N)=O)sc3nccc1c23. The lowest BCUT2D eigenvalue weighted by molar-refractivity contribution is 0.0237. The fourth-order valence-corrected chi connectivity index (χ4v) is 4.77. The number of nitrogens with one attached hydrogen (secondary N) is 1. The number of aryl methyl sites for hydroxylation is 1. The molecule has 0 saturated carbocycles. The zero-order valence-corrected chi connectivity index (χ0v) is 17.0. The molecule has 1 fully saturated rings. The molecule has 0 aliphatic carbocycles. The molecule has 0 bridgehead atoms. The van der Waals surface area contributed by atoms with Gasteiger partial charge in [-0.2, -0.15) is 0 Å². The molecule has 154 valence electrons. The van der Waals surface area contributed by atoms with Gasteiger partial charge in [0.05, 0.1) is 41.4 Å². The third-order valence-electron chi connectivity index (χ3n) is 5.20. The second-order valence-corrected chi connectivity index (χ2v) is 8.13. The molecule has 5 heterocycles. The number of ether oxygens (including phenoxy) is 2. The Labute approximate surface area is 175 Å². The second-order valence-electron chi connectivity index (χ2n) is 7.13. The number of hydrogen-bond donors (Lipinski definition) is 2. The van der Waals surface area contributed by atoms with E-state index in [2.05, 4.69) is 15.3 Å². The van der Waals surface area contributed by atoms with E-state index < -0.39 is 5.91 Å². The Kier molecular flexibility index (Phi) is 4.52. The molecule has 0 unspecified atom stereocenters. The van der Waals surface area contributed by atoms with Crippen LogP contribution in [0.15, 0.2) is 24.4 Å². The zero-order valence-electron chi connectivity index (χ0n) is 16.2. The highest BCUT2D eigenvalue weighted by Gasteiger charge is 2.33. The highest BCUT2D eigenvalue weighted by Crippen LogP contribution is 2.46. The van der Waals surface area contributed by atoms with Crippen LogP contribution >= 0.6 is 11.3 Å². The minimum Gasteiger partial charge on any atom is -0.474 e. The lowest BCUT2D eigenvalue weighted by Gasteiger charge is -2.29. The van der Waals surface area contributed by atoms with Crippen LogP contribution in [-0.4, -0.2) is 41.2 Å². The van der Waals surface area contributed by atoms with E-state index in [0.29, 0.717) is 52.1 Å². The molecule has 1 saturated heterocycles. The third kappa shape index (κ3) is 3.04. The average molecular weight is 425 g/mol. The number of urea groups is 1. The Morgan fingerprint density at radius 1 is 1.30 bits per heavy atom. The van der Waals surface area contributed by atoms with Crippen LogP contribution in [0.1, 0.15) is 28.2 Å². The highest BCUT2D eigenvalue weighted by molar-refractivity contribution is 7.21. The molecular formula is C20H19N5O4S. The normalized spacial score (nSPS) is 16.6. The van der Waals surface area contributed by atoms with Gasteiger partial charge in [-0.1, -0.05) is 0 Å². The molecule has 0 spiro atoms. The van der Waals surface area contributed by atoms with Gasteiger partial charge >= 0.3 is 6.03 Å². The van der Waals surface area contributed by atoms with Crippen molar-refractivity contribution in [3.8, 4) is 5.88 Å². The predicted molar refractivity (Wildman–Crippen MR) is 113 cm³/mol. The zero-order chi connectivity index (χ0) is 20.8. The largest absolute Gasteiger partial charge is 0.474 e.